The van der Waals surface area contributed by atoms with E-state index in [0.29, 0.717) is 22.0 Å². The van der Waals surface area contributed by atoms with Crippen LogP contribution < -0.4 is 4.72 Å². The van der Waals surface area contributed by atoms with Crippen molar-refractivity contribution in [2.24, 2.45) is 0 Å². The van der Waals surface area contributed by atoms with Gasteiger partial charge in [0, 0.05) is 41.5 Å². The zero-order chi connectivity index (χ0) is 21.9. The van der Waals surface area contributed by atoms with Crippen molar-refractivity contribution in [2.45, 2.75) is 31.4 Å². The van der Waals surface area contributed by atoms with E-state index in [2.05, 4.69) is 14.7 Å². The summed E-state index contributed by atoms with van der Waals surface area (Å²) in [7, 11) is -1.37. The Kier molecular flexibility index (Phi) is 6.95. The Morgan fingerprint density at radius 1 is 1.03 bits per heavy atom. The molecule has 2 unspecified atom stereocenters. The number of hydrogen-bond donors (Lipinski definition) is 1. The summed E-state index contributed by atoms with van der Waals surface area (Å²) < 4.78 is 43.0. The molecule has 3 aromatic rings. The van der Waals surface area contributed by atoms with Crippen molar-refractivity contribution in [1.82, 2.24) is 14.7 Å². The van der Waals surface area contributed by atoms with Crippen LogP contribution in [0.1, 0.15) is 37.9 Å². The Morgan fingerprint density at radius 3 is 2.23 bits per heavy atom. The van der Waals surface area contributed by atoms with Gasteiger partial charge in [0.05, 0.1) is 27.1 Å². The number of halogens is 3. The van der Waals surface area contributed by atoms with E-state index in [9.17, 15) is 13.0 Å². The minimum absolute atomic E-state index is 0.159. The molecule has 0 radical (unpaired) electrons. The number of benzene rings is 2. The highest BCUT2D eigenvalue weighted by molar-refractivity contribution is 7.84. The predicted molar refractivity (Wildman–Crippen MR) is 117 cm³/mol. The van der Waals surface area contributed by atoms with Gasteiger partial charge in [0.1, 0.15) is 11.6 Å². The van der Waals surface area contributed by atoms with Crippen LogP contribution in [-0.4, -0.2) is 25.5 Å². The zero-order valence-corrected chi connectivity index (χ0v) is 18.4. The van der Waals surface area contributed by atoms with Gasteiger partial charge >= 0.3 is 0 Å². The summed E-state index contributed by atoms with van der Waals surface area (Å²) in [6, 6.07) is 10.4. The minimum atomic E-state index is -1.37. The van der Waals surface area contributed by atoms with Crippen molar-refractivity contribution in [3.63, 3.8) is 0 Å². The number of hydrogen-bond acceptors (Lipinski definition) is 3. The molecule has 0 saturated carbocycles. The smallest absolute Gasteiger partial charge is 0.126 e. The lowest BCUT2D eigenvalue weighted by molar-refractivity contribution is 0.574. The molecule has 8 heteroatoms. The molecule has 1 aromatic heterocycles. The lowest BCUT2D eigenvalue weighted by Gasteiger charge is -2.23. The average molecular weight is 450 g/mol. The van der Waals surface area contributed by atoms with Crippen LogP contribution >= 0.6 is 11.6 Å². The van der Waals surface area contributed by atoms with Crippen LogP contribution in [0.2, 0.25) is 5.02 Å². The quantitative estimate of drug-likeness (QED) is 0.558. The van der Waals surface area contributed by atoms with Crippen molar-refractivity contribution < 1.29 is 13.0 Å². The van der Waals surface area contributed by atoms with Crippen molar-refractivity contribution >= 4 is 22.6 Å². The molecule has 0 bridgehead atoms. The fraction of sp³-hybridized carbons (Fsp3) is 0.273. The fourth-order valence-corrected chi connectivity index (χ4v) is 3.84. The van der Waals surface area contributed by atoms with E-state index in [1.807, 2.05) is 20.8 Å². The van der Waals surface area contributed by atoms with Gasteiger partial charge in [-0.2, -0.15) is 0 Å². The molecule has 0 amide bonds. The largest absolute Gasteiger partial charge is 0.257 e. The summed E-state index contributed by atoms with van der Waals surface area (Å²) in [5, 5.41) is 0.579. The van der Waals surface area contributed by atoms with Gasteiger partial charge in [0.25, 0.3) is 0 Å². The first-order valence-electron chi connectivity index (χ1n) is 9.33. The van der Waals surface area contributed by atoms with Gasteiger partial charge in [-0.25, -0.2) is 17.7 Å². The van der Waals surface area contributed by atoms with Crippen molar-refractivity contribution in [1.29, 1.82) is 0 Å². The second kappa shape index (κ2) is 9.29. The predicted octanol–water partition coefficient (Wildman–Crippen LogP) is 5.26. The average Bonchev–Trinajstić information content (AvgIpc) is 2.67. The maximum Gasteiger partial charge on any atom is 0.126 e. The third kappa shape index (κ3) is 5.47. The molecule has 0 aliphatic heterocycles. The molecule has 30 heavy (non-hydrogen) atoms. The van der Waals surface area contributed by atoms with Gasteiger partial charge in [0.15, 0.2) is 0 Å². The summed E-state index contributed by atoms with van der Waals surface area (Å²) in [6.07, 6.45) is 3.08. The first-order chi connectivity index (χ1) is 14.1. The number of rotatable bonds is 6. The van der Waals surface area contributed by atoms with Gasteiger partial charge in [-0.05, 0) is 50.6 Å². The Bertz CT molecular complexity index is 1030. The Labute approximate surface area is 182 Å². The Morgan fingerprint density at radius 2 is 1.63 bits per heavy atom. The highest BCUT2D eigenvalue weighted by Crippen LogP contribution is 2.31. The molecule has 1 heterocycles. The highest BCUT2D eigenvalue weighted by Gasteiger charge is 2.25. The van der Waals surface area contributed by atoms with Gasteiger partial charge in [-0.1, -0.05) is 23.7 Å². The molecule has 0 aliphatic rings. The molecule has 3 rings (SSSR count). The van der Waals surface area contributed by atoms with E-state index < -0.39 is 33.3 Å². The summed E-state index contributed by atoms with van der Waals surface area (Å²) >= 11 is 6.00. The maximum atomic E-state index is 14.0. The first-order valence-corrected chi connectivity index (χ1v) is 10.9. The molecule has 1 N–H and O–H groups in total. The standard InChI is InChI=1S/C22H22ClF2N3OS/c1-22(2,3)30(29)28-13-19(15-10-17(24)12-18(25)11-15)21-20(26-8-9-27-21)14-4-6-16(23)7-5-14/h4-12,19,28H,13H2,1-3H3. The number of aromatic nitrogens is 2. The SMILES string of the molecule is CC(C)(C)S(=O)NCC(c1cc(F)cc(F)c1)c1nccnc1-c1ccc(Cl)cc1. The Hall–Kier alpha value is -2.22. The van der Waals surface area contributed by atoms with Crippen LogP contribution in [-0.2, 0) is 11.0 Å². The third-order valence-electron chi connectivity index (χ3n) is 4.44. The van der Waals surface area contributed by atoms with Crippen molar-refractivity contribution in [2.75, 3.05) is 6.54 Å². The summed E-state index contributed by atoms with van der Waals surface area (Å²) in [4.78, 5) is 8.92. The molecular weight excluding hydrogens is 428 g/mol. The molecule has 4 nitrogen and oxygen atoms in total. The van der Waals surface area contributed by atoms with Crippen LogP contribution in [0.25, 0.3) is 11.3 Å². The number of nitrogens with zero attached hydrogens (tertiary/aromatic N) is 2. The maximum absolute atomic E-state index is 14.0. The van der Waals surface area contributed by atoms with E-state index in [0.717, 1.165) is 11.6 Å². The van der Waals surface area contributed by atoms with Gasteiger partial charge in [0.2, 0.25) is 0 Å². The minimum Gasteiger partial charge on any atom is -0.257 e. The zero-order valence-electron chi connectivity index (χ0n) is 16.8. The van der Waals surface area contributed by atoms with E-state index in [1.165, 1.54) is 18.3 Å². The molecule has 0 aliphatic carbocycles. The van der Waals surface area contributed by atoms with Crippen molar-refractivity contribution in [3.05, 3.63) is 82.8 Å². The van der Waals surface area contributed by atoms with E-state index >= 15 is 0 Å². The molecule has 158 valence electrons. The molecule has 2 aromatic carbocycles. The fourth-order valence-electron chi connectivity index (χ4n) is 2.96. The third-order valence-corrected chi connectivity index (χ3v) is 6.23. The summed E-state index contributed by atoms with van der Waals surface area (Å²) in [6.45, 7) is 5.68. The second-order valence-corrected chi connectivity index (χ2v) is 10.3. The van der Waals surface area contributed by atoms with E-state index in [4.69, 9.17) is 11.6 Å². The van der Waals surface area contributed by atoms with E-state index in [1.54, 1.807) is 30.5 Å². The lowest BCUT2D eigenvalue weighted by atomic mass is 9.92. The van der Waals surface area contributed by atoms with Crippen LogP contribution in [0.15, 0.2) is 54.9 Å². The van der Waals surface area contributed by atoms with Crippen LogP contribution in [0.5, 0.6) is 0 Å². The lowest BCUT2D eigenvalue weighted by Crippen LogP contribution is -2.36. The van der Waals surface area contributed by atoms with Crippen LogP contribution in [0.3, 0.4) is 0 Å². The summed E-state index contributed by atoms with van der Waals surface area (Å²) in [5.41, 5.74) is 2.22. The number of nitrogens with one attached hydrogen (secondary N) is 1. The van der Waals surface area contributed by atoms with Gasteiger partial charge in [-0.3, -0.25) is 9.97 Å². The van der Waals surface area contributed by atoms with Gasteiger partial charge in [-0.15, -0.1) is 0 Å². The molecule has 0 saturated heterocycles. The molecule has 2 atom stereocenters. The molecule has 0 fully saturated rings. The van der Waals surface area contributed by atoms with Crippen LogP contribution in [0.4, 0.5) is 8.78 Å². The van der Waals surface area contributed by atoms with Crippen LogP contribution in [0, 0.1) is 11.6 Å². The molecular formula is C22H22ClF2N3OS. The monoisotopic (exact) mass is 449 g/mol. The Balaban J connectivity index is 2.08. The normalized spacial score (nSPS) is 13.8. The highest BCUT2D eigenvalue weighted by atomic mass is 35.5. The first kappa shape index (κ1) is 22.5. The second-order valence-electron chi connectivity index (χ2n) is 7.78. The summed E-state index contributed by atoms with van der Waals surface area (Å²) in [5.74, 6) is -1.96. The van der Waals surface area contributed by atoms with Crippen molar-refractivity contribution in [3.8, 4) is 11.3 Å². The molecule has 0 spiro atoms. The van der Waals surface area contributed by atoms with Gasteiger partial charge < -0.3 is 0 Å². The topological polar surface area (TPSA) is 54.9 Å². The van der Waals surface area contributed by atoms with E-state index in [-0.39, 0.29) is 6.54 Å².